The van der Waals surface area contributed by atoms with Crippen molar-refractivity contribution in [2.24, 2.45) is 4.99 Å². The highest BCUT2D eigenvalue weighted by Crippen LogP contribution is 2.14. The van der Waals surface area contributed by atoms with Crippen LogP contribution >= 0.6 is 24.0 Å². The first-order valence-electron chi connectivity index (χ1n) is 9.49. The summed E-state index contributed by atoms with van der Waals surface area (Å²) >= 11 is 0. The molecule has 0 saturated heterocycles. The first kappa shape index (κ1) is 25.0. The number of nitrogens with zero attached hydrogens (tertiary/aromatic N) is 1. The Bertz CT molecular complexity index is 738. The van der Waals surface area contributed by atoms with Crippen molar-refractivity contribution in [3.05, 3.63) is 59.7 Å². The molecular weight excluding hydrogens is 481 g/mol. The molecule has 7 heteroatoms. The fraction of sp³-hybridized carbons (Fsp3) is 0.409. The largest absolute Gasteiger partial charge is 0.491 e. The topological polar surface area (TPSA) is 64.1 Å². The van der Waals surface area contributed by atoms with Crippen molar-refractivity contribution in [1.29, 1.82) is 0 Å². The summed E-state index contributed by atoms with van der Waals surface area (Å²) in [5.41, 5.74) is 2.33. The van der Waals surface area contributed by atoms with Gasteiger partial charge < -0.3 is 24.8 Å². The molecule has 0 heterocycles. The Hall–Kier alpha value is -2.00. The van der Waals surface area contributed by atoms with E-state index in [4.69, 9.17) is 14.2 Å². The maximum Gasteiger partial charge on any atom is 0.191 e. The van der Waals surface area contributed by atoms with Crippen LogP contribution in [0, 0.1) is 6.92 Å². The van der Waals surface area contributed by atoms with Crippen LogP contribution in [0.1, 0.15) is 18.1 Å². The van der Waals surface area contributed by atoms with Gasteiger partial charge in [-0.15, -0.1) is 24.0 Å². The molecule has 2 rings (SSSR count). The van der Waals surface area contributed by atoms with Crippen LogP contribution in [0.15, 0.2) is 53.5 Å². The number of hydrogen-bond donors (Lipinski definition) is 2. The van der Waals surface area contributed by atoms with Crippen LogP contribution in [-0.2, 0) is 11.3 Å². The number of benzene rings is 2. The quantitative estimate of drug-likeness (QED) is 0.219. The van der Waals surface area contributed by atoms with E-state index in [9.17, 15) is 0 Å². The summed E-state index contributed by atoms with van der Waals surface area (Å²) in [6.07, 6.45) is 0.0175. The van der Waals surface area contributed by atoms with E-state index < -0.39 is 0 Å². The summed E-state index contributed by atoms with van der Waals surface area (Å²) in [5.74, 6) is 2.45. The van der Waals surface area contributed by atoms with Crippen molar-refractivity contribution in [3.63, 3.8) is 0 Å². The average molecular weight is 513 g/mol. The number of guanidine groups is 1. The van der Waals surface area contributed by atoms with Crippen molar-refractivity contribution in [1.82, 2.24) is 10.6 Å². The Balaban J connectivity index is 0.00000420. The molecule has 2 aromatic carbocycles. The number of methoxy groups -OCH3 is 1. The molecule has 160 valence electrons. The van der Waals surface area contributed by atoms with Crippen molar-refractivity contribution < 1.29 is 14.2 Å². The fourth-order valence-corrected chi connectivity index (χ4v) is 2.56. The van der Waals surface area contributed by atoms with Gasteiger partial charge in [-0.25, -0.2) is 0 Å². The molecule has 0 aliphatic heterocycles. The van der Waals surface area contributed by atoms with E-state index in [0.717, 1.165) is 23.0 Å². The zero-order chi connectivity index (χ0) is 20.2. The smallest absolute Gasteiger partial charge is 0.191 e. The standard InChI is InChI=1S/C22H31N3O3.HI/c1-17-6-5-7-21(14-17)28-18(2)15-24-22(23-3)25-16-19-8-10-20(11-9-19)27-13-12-26-4;/h5-11,14,18H,12-13,15-16H2,1-4H3,(H2,23,24,25);1H. The van der Waals surface area contributed by atoms with Gasteiger partial charge in [0, 0.05) is 20.7 Å². The third kappa shape index (κ3) is 9.85. The second-order valence-electron chi connectivity index (χ2n) is 6.54. The van der Waals surface area contributed by atoms with E-state index in [1.54, 1.807) is 14.2 Å². The Kier molecular flexibility index (Phi) is 12.1. The highest BCUT2D eigenvalue weighted by Gasteiger charge is 2.06. The van der Waals surface area contributed by atoms with Gasteiger partial charge in [0.25, 0.3) is 0 Å². The van der Waals surface area contributed by atoms with E-state index in [-0.39, 0.29) is 30.1 Å². The summed E-state index contributed by atoms with van der Waals surface area (Å²) in [7, 11) is 3.42. The van der Waals surface area contributed by atoms with Crippen LogP contribution in [0.4, 0.5) is 0 Å². The highest BCUT2D eigenvalue weighted by molar-refractivity contribution is 14.0. The molecule has 1 unspecified atom stereocenters. The molecule has 1 atom stereocenters. The van der Waals surface area contributed by atoms with Gasteiger partial charge in [0.15, 0.2) is 5.96 Å². The predicted octanol–water partition coefficient (Wildman–Crippen LogP) is 3.77. The first-order valence-corrected chi connectivity index (χ1v) is 9.49. The summed E-state index contributed by atoms with van der Waals surface area (Å²) in [6, 6.07) is 16.0. The second-order valence-corrected chi connectivity index (χ2v) is 6.54. The Morgan fingerprint density at radius 2 is 1.79 bits per heavy atom. The van der Waals surface area contributed by atoms with Gasteiger partial charge >= 0.3 is 0 Å². The van der Waals surface area contributed by atoms with Gasteiger partial charge in [0.2, 0.25) is 0 Å². The van der Waals surface area contributed by atoms with Crippen molar-refractivity contribution in [2.75, 3.05) is 33.9 Å². The number of ether oxygens (including phenoxy) is 3. The molecule has 0 aromatic heterocycles. The van der Waals surface area contributed by atoms with Crippen LogP contribution < -0.4 is 20.1 Å². The lowest BCUT2D eigenvalue weighted by molar-refractivity contribution is 0.146. The third-order valence-electron chi connectivity index (χ3n) is 4.05. The molecule has 6 nitrogen and oxygen atoms in total. The number of aliphatic imine (C=N–C) groups is 1. The van der Waals surface area contributed by atoms with Gasteiger partial charge in [-0.3, -0.25) is 4.99 Å². The fourth-order valence-electron chi connectivity index (χ4n) is 2.56. The van der Waals surface area contributed by atoms with Crippen LogP contribution in [0.2, 0.25) is 0 Å². The van der Waals surface area contributed by atoms with E-state index in [2.05, 4.69) is 28.6 Å². The zero-order valence-corrected chi connectivity index (χ0v) is 19.9. The van der Waals surface area contributed by atoms with Crippen molar-refractivity contribution in [3.8, 4) is 11.5 Å². The predicted molar refractivity (Wildman–Crippen MR) is 129 cm³/mol. The monoisotopic (exact) mass is 513 g/mol. The summed E-state index contributed by atoms with van der Waals surface area (Å²) in [6.45, 7) is 6.54. The molecule has 0 spiro atoms. The normalized spacial score (nSPS) is 11.9. The van der Waals surface area contributed by atoms with E-state index in [1.165, 1.54) is 5.56 Å². The molecule has 0 bridgehead atoms. The molecule has 29 heavy (non-hydrogen) atoms. The molecular formula is C22H32IN3O3. The molecule has 0 aliphatic rings. The minimum absolute atomic E-state index is 0. The minimum Gasteiger partial charge on any atom is -0.491 e. The number of nitrogens with one attached hydrogen (secondary N) is 2. The van der Waals surface area contributed by atoms with Crippen LogP contribution in [-0.4, -0.2) is 46.0 Å². The van der Waals surface area contributed by atoms with E-state index in [1.807, 2.05) is 49.4 Å². The Labute approximate surface area is 191 Å². The van der Waals surface area contributed by atoms with Gasteiger partial charge in [-0.2, -0.15) is 0 Å². The van der Waals surface area contributed by atoms with Gasteiger partial charge in [0.1, 0.15) is 24.2 Å². The molecule has 2 aromatic rings. The lowest BCUT2D eigenvalue weighted by Gasteiger charge is -2.18. The second kappa shape index (κ2) is 14.1. The first-order chi connectivity index (χ1) is 13.6. The Morgan fingerprint density at radius 3 is 2.45 bits per heavy atom. The lowest BCUT2D eigenvalue weighted by atomic mass is 10.2. The molecule has 0 aliphatic carbocycles. The third-order valence-corrected chi connectivity index (χ3v) is 4.05. The van der Waals surface area contributed by atoms with E-state index >= 15 is 0 Å². The van der Waals surface area contributed by atoms with Crippen LogP contribution in [0.5, 0.6) is 11.5 Å². The van der Waals surface area contributed by atoms with Gasteiger partial charge in [-0.05, 0) is 49.2 Å². The molecule has 0 saturated carbocycles. The summed E-state index contributed by atoms with van der Waals surface area (Å²) in [4.78, 5) is 4.26. The van der Waals surface area contributed by atoms with Crippen molar-refractivity contribution in [2.45, 2.75) is 26.5 Å². The summed E-state index contributed by atoms with van der Waals surface area (Å²) < 4.78 is 16.5. The van der Waals surface area contributed by atoms with Crippen molar-refractivity contribution >= 4 is 29.9 Å². The minimum atomic E-state index is 0. The maximum absolute atomic E-state index is 5.94. The van der Waals surface area contributed by atoms with Gasteiger partial charge in [-0.1, -0.05) is 24.3 Å². The number of hydrogen-bond acceptors (Lipinski definition) is 4. The highest BCUT2D eigenvalue weighted by atomic mass is 127. The van der Waals surface area contributed by atoms with Gasteiger partial charge in [0.05, 0.1) is 13.2 Å². The number of rotatable bonds is 10. The SMILES string of the molecule is CN=C(NCc1ccc(OCCOC)cc1)NCC(C)Oc1cccc(C)c1.I. The Morgan fingerprint density at radius 1 is 1.03 bits per heavy atom. The van der Waals surface area contributed by atoms with E-state index in [0.29, 0.717) is 26.3 Å². The van der Waals surface area contributed by atoms with Crippen LogP contribution in [0.25, 0.3) is 0 Å². The summed E-state index contributed by atoms with van der Waals surface area (Å²) in [5, 5.41) is 6.60. The maximum atomic E-state index is 5.94. The number of aryl methyl sites for hydroxylation is 1. The number of halogens is 1. The molecule has 0 fully saturated rings. The lowest BCUT2D eigenvalue weighted by Crippen LogP contribution is -2.41. The zero-order valence-electron chi connectivity index (χ0n) is 17.6. The van der Waals surface area contributed by atoms with Crippen LogP contribution in [0.3, 0.4) is 0 Å². The molecule has 0 radical (unpaired) electrons. The molecule has 0 amide bonds. The molecule has 2 N–H and O–H groups in total. The average Bonchev–Trinajstić information content (AvgIpc) is 2.69.